The van der Waals surface area contributed by atoms with Crippen LogP contribution in [-0.4, -0.2) is 21.9 Å². The summed E-state index contributed by atoms with van der Waals surface area (Å²) in [5.41, 5.74) is 0.144. The smallest absolute Gasteiger partial charge is 0.316 e. The van der Waals surface area contributed by atoms with Gasteiger partial charge in [-0.15, -0.1) is 0 Å². The molecule has 2 aromatic carbocycles. The van der Waals surface area contributed by atoms with E-state index in [-0.39, 0.29) is 22.7 Å². The van der Waals surface area contributed by atoms with Crippen molar-refractivity contribution in [3.05, 3.63) is 124 Å². The highest BCUT2D eigenvalue weighted by Crippen LogP contribution is 2.37. The molecule has 0 aliphatic rings. The van der Waals surface area contributed by atoms with Gasteiger partial charge in [0.25, 0.3) is 5.56 Å². The normalized spacial score (nSPS) is 13.1. The average molecular weight is 552 g/mol. The minimum Gasteiger partial charge on any atom is -0.316 e. The van der Waals surface area contributed by atoms with E-state index in [0.717, 1.165) is 21.8 Å². The van der Waals surface area contributed by atoms with E-state index >= 15 is 0 Å². The van der Waals surface area contributed by atoms with Crippen LogP contribution in [0.1, 0.15) is 35.2 Å². The lowest BCUT2D eigenvalue weighted by Gasteiger charge is -2.16. The number of halogens is 3. The highest BCUT2D eigenvalue weighted by Gasteiger charge is 2.34. The molecule has 1 unspecified atom stereocenters. The Balaban J connectivity index is 1.85. The molecule has 0 aliphatic carbocycles. The molecule has 3 heterocycles. The van der Waals surface area contributed by atoms with E-state index in [0.29, 0.717) is 16.5 Å². The van der Waals surface area contributed by atoms with Gasteiger partial charge in [-0.25, -0.2) is 12.4 Å². The summed E-state index contributed by atoms with van der Waals surface area (Å²) < 4.78 is 70.7. The van der Waals surface area contributed by atoms with Crippen molar-refractivity contribution in [2.75, 3.05) is 0 Å². The fourth-order valence-electron chi connectivity index (χ4n) is 4.77. The van der Waals surface area contributed by atoms with Crippen molar-refractivity contribution < 1.29 is 21.6 Å². The van der Waals surface area contributed by atoms with Gasteiger partial charge in [0.15, 0.2) is 0 Å². The average Bonchev–Trinajstić information content (AvgIpc) is 3.33. The Labute approximate surface area is 223 Å². The first kappa shape index (κ1) is 26.4. The Morgan fingerprint density at radius 2 is 1.59 bits per heavy atom. The van der Waals surface area contributed by atoms with Gasteiger partial charge in [0, 0.05) is 36.3 Å². The number of alkyl halides is 3. The standard InChI is InChI=1S/C29H24F3N3O3S/c1-19(21-11-7-4-8-12-21)24-17-34(2)28(36)27-23(24)16-25(22-13-14-33-26(15-22)29(30,31)32)35(27)39(37,38)18-20-9-5-3-6-10-20/h3-17,19H,18H2,1-2H3. The van der Waals surface area contributed by atoms with E-state index in [1.54, 1.807) is 36.5 Å². The third kappa shape index (κ3) is 4.99. The topological polar surface area (TPSA) is 74.0 Å². The van der Waals surface area contributed by atoms with E-state index in [1.165, 1.54) is 23.7 Å². The van der Waals surface area contributed by atoms with Crippen LogP contribution in [0.15, 0.2) is 96.1 Å². The van der Waals surface area contributed by atoms with Crippen molar-refractivity contribution in [2.24, 2.45) is 7.05 Å². The Bertz CT molecular complexity index is 1830. The van der Waals surface area contributed by atoms with Gasteiger partial charge < -0.3 is 4.57 Å². The second-order valence-corrected chi connectivity index (χ2v) is 11.2. The molecule has 200 valence electrons. The van der Waals surface area contributed by atoms with Crippen molar-refractivity contribution in [3.63, 3.8) is 0 Å². The van der Waals surface area contributed by atoms with Crippen LogP contribution in [0.3, 0.4) is 0 Å². The first-order valence-electron chi connectivity index (χ1n) is 12.1. The third-order valence-corrected chi connectivity index (χ3v) is 8.34. The summed E-state index contributed by atoms with van der Waals surface area (Å²) in [6.45, 7) is 1.93. The number of hydrogen-bond donors (Lipinski definition) is 0. The largest absolute Gasteiger partial charge is 0.433 e. The lowest BCUT2D eigenvalue weighted by Crippen LogP contribution is -2.24. The Morgan fingerprint density at radius 3 is 2.23 bits per heavy atom. The summed E-state index contributed by atoms with van der Waals surface area (Å²) in [6.07, 6.45) is -2.11. The number of pyridine rings is 2. The minimum absolute atomic E-state index is 0.0227. The fraction of sp³-hybridized carbons (Fsp3) is 0.172. The molecule has 1 atom stereocenters. The number of benzene rings is 2. The molecule has 0 amide bonds. The van der Waals surface area contributed by atoms with Crippen LogP contribution >= 0.6 is 0 Å². The zero-order chi connectivity index (χ0) is 27.9. The van der Waals surface area contributed by atoms with Gasteiger partial charge in [0.2, 0.25) is 10.0 Å². The Hall–Kier alpha value is -4.18. The minimum atomic E-state index is -4.74. The summed E-state index contributed by atoms with van der Waals surface area (Å²) in [6, 6.07) is 21.5. The van der Waals surface area contributed by atoms with Crippen LogP contribution in [0.5, 0.6) is 0 Å². The highest BCUT2D eigenvalue weighted by atomic mass is 32.2. The molecule has 0 N–H and O–H groups in total. The molecular formula is C29H24F3N3O3S. The van der Waals surface area contributed by atoms with E-state index in [4.69, 9.17) is 0 Å². The molecule has 0 saturated carbocycles. The third-order valence-electron chi connectivity index (χ3n) is 6.71. The Kier molecular flexibility index (Phi) is 6.67. The number of aromatic nitrogens is 3. The number of rotatable bonds is 6. The lowest BCUT2D eigenvalue weighted by molar-refractivity contribution is -0.141. The van der Waals surface area contributed by atoms with Crippen LogP contribution in [0.2, 0.25) is 0 Å². The molecule has 0 aliphatic heterocycles. The molecule has 5 rings (SSSR count). The zero-order valence-corrected chi connectivity index (χ0v) is 21.9. The molecule has 0 bridgehead atoms. The van der Waals surface area contributed by atoms with E-state index in [9.17, 15) is 26.4 Å². The van der Waals surface area contributed by atoms with Gasteiger partial charge in [-0.05, 0) is 34.9 Å². The molecule has 5 aromatic rings. The number of aryl methyl sites for hydroxylation is 1. The molecular weight excluding hydrogens is 527 g/mol. The van der Waals surface area contributed by atoms with E-state index in [1.807, 2.05) is 37.3 Å². The quantitative estimate of drug-likeness (QED) is 0.261. The van der Waals surface area contributed by atoms with Crippen molar-refractivity contribution in [2.45, 2.75) is 24.8 Å². The predicted molar refractivity (Wildman–Crippen MR) is 144 cm³/mol. The molecule has 10 heteroatoms. The van der Waals surface area contributed by atoms with E-state index in [2.05, 4.69) is 4.98 Å². The van der Waals surface area contributed by atoms with Crippen molar-refractivity contribution in [1.82, 2.24) is 13.5 Å². The van der Waals surface area contributed by atoms with Crippen molar-refractivity contribution in [1.29, 1.82) is 0 Å². The van der Waals surface area contributed by atoms with Crippen molar-refractivity contribution in [3.8, 4) is 11.3 Å². The molecule has 3 aromatic heterocycles. The van der Waals surface area contributed by atoms with Crippen LogP contribution < -0.4 is 5.56 Å². The second kappa shape index (κ2) is 9.85. The summed E-state index contributed by atoms with van der Waals surface area (Å²) in [5, 5.41) is 0.353. The van der Waals surface area contributed by atoms with E-state index < -0.39 is 33.2 Å². The molecule has 0 fully saturated rings. The monoisotopic (exact) mass is 551 g/mol. The second-order valence-electron chi connectivity index (χ2n) is 9.36. The first-order chi connectivity index (χ1) is 18.5. The van der Waals surface area contributed by atoms with Gasteiger partial charge in [-0.1, -0.05) is 67.6 Å². The molecule has 0 spiro atoms. The van der Waals surface area contributed by atoms with Gasteiger partial charge in [0.1, 0.15) is 11.2 Å². The summed E-state index contributed by atoms with van der Waals surface area (Å²) in [7, 11) is -2.74. The van der Waals surface area contributed by atoms with Crippen molar-refractivity contribution >= 4 is 20.9 Å². The summed E-state index contributed by atoms with van der Waals surface area (Å²) in [4.78, 5) is 16.9. The number of fused-ring (bicyclic) bond motifs is 1. The number of hydrogen-bond acceptors (Lipinski definition) is 4. The highest BCUT2D eigenvalue weighted by molar-refractivity contribution is 7.89. The molecule has 0 saturated heterocycles. The fourth-order valence-corrected chi connectivity index (χ4v) is 6.42. The maximum atomic E-state index is 13.9. The maximum Gasteiger partial charge on any atom is 0.433 e. The molecule has 0 radical (unpaired) electrons. The summed E-state index contributed by atoms with van der Waals surface area (Å²) >= 11 is 0. The predicted octanol–water partition coefficient (Wildman–Crippen LogP) is 5.95. The van der Waals surface area contributed by atoms with Crippen LogP contribution in [-0.2, 0) is 29.0 Å². The molecule has 39 heavy (non-hydrogen) atoms. The maximum absolute atomic E-state index is 13.9. The zero-order valence-electron chi connectivity index (χ0n) is 21.1. The number of nitrogens with zero attached hydrogens (tertiary/aromatic N) is 3. The van der Waals surface area contributed by atoms with Gasteiger partial charge in [-0.3, -0.25) is 9.78 Å². The van der Waals surface area contributed by atoms with Gasteiger partial charge >= 0.3 is 6.18 Å². The lowest BCUT2D eigenvalue weighted by atomic mass is 9.92. The molecule has 6 nitrogen and oxygen atoms in total. The van der Waals surface area contributed by atoms with Crippen LogP contribution in [0.4, 0.5) is 13.2 Å². The van der Waals surface area contributed by atoms with Gasteiger partial charge in [-0.2, -0.15) is 13.2 Å². The summed E-state index contributed by atoms with van der Waals surface area (Å²) in [5.74, 6) is -0.701. The van der Waals surface area contributed by atoms with Crippen LogP contribution in [0.25, 0.3) is 22.2 Å². The van der Waals surface area contributed by atoms with Gasteiger partial charge in [0.05, 0.1) is 11.4 Å². The first-order valence-corrected chi connectivity index (χ1v) is 13.7. The SMILES string of the molecule is CC(c1ccccc1)c1cn(C)c(=O)c2c1cc(-c1ccnc(C(F)(F)F)c1)n2S(=O)(=O)Cc1ccccc1. The Morgan fingerprint density at radius 1 is 0.949 bits per heavy atom. The van der Waals surface area contributed by atoms with Crippen LogP contribution in [0, 0.1) is 0 Å².